The summed E-state index contributed by atoms with van der Waals surface area (Å²) in [7, 11) is 0. The van der Waals surface area contributed by atoms with Gasteiger partial charge in [-0.15, -0.1) is 0 Å². The SMILES string of the molecule is CC(=O)[C@]1(O)[C@H](O)[C@H](O)CO[C@@H]1O. The van der Waals surface area contributed by atoms with Gasteiger partial charge in [-0.1, -0.05) is 0 Å². The van der Waals surface area contributed by atoms with E-state index in [0.29, 0.717) is 0 Å². The zero-order chi connectivity index (χ0) is 10.2. The van der Waals surface area contributed by atoms with E-state index in [9.17, 15) is 15.0 Å². The van der Waals surface area contributed by atoms with Crippen LogP contribution in [0.3, 0.4) is 0 Å². The van der Waals surface area contributed by atoms with E-state index in [4.69, 9.17) is 10.2 Å². The Kier molecular flexibility index (Phi) is 2.69. The highest BCUT2D eigenvalue weighted by Gasteiger charge is 2.54. The molecule has 0 amide bonds. The lowest BCUT2D eigenvalue weighted by atomic mass is 9.86. The first-order valence-corrected chi connectivity index (χ1v) is 3.80. The van der Waals surface area contributed by atoms with Gasteiger partial charge in [0.15, 0.2) is 12.1 Å². The van der Waals surface area contributed by atoms with E-state index in [2.05, 4.69) is 4.74 Å². The molecule has 0 bridgehead atoms. The summed E-state index contributed by atoms with van der Waals surface area (Å²) in [5.74, 6) is -0.855. The Balaban J connectivity index is 2.95. The minimum Gasteiger partial charge on any atom is -0.388 e. The molecule has 4 N–H and O–H groups in total. The largest absolute Gasteiger partial charge is 0.388 e. The molecule has 1 aliphatic heterocycles. The summed E-state index contributed by atoms with van der Waals surface area (Å²) < 4.78 is 4.51. The van der Waals surface area contributed by atoms with Gasteiger partial charge in [-0.05, 0) is 6.92 Å². The van der Waals surface area contributed by atoms with E-state index in [1.54, 1.807) is 0 Å². The first-order chi connectivity index (χ1) is 5.90. The first-order valence-electron chi connectivity index (χ1n) is 3.80. The quantitative estimate of drug-likeness (QED) is 0.362. The summed E-state index contributed by atoms with van der Waals surface area (Å²) >= 11 is 0. The van der Waals surface area contributed by atoms with Gasteiger partial charge >= 0.3 is 0 Å². The van der Waals surface area contributed by atoms with Crippen LogP contribution in [0.15, 0.2) is 0 Å². The normalized spacial score (nSPS) is 46.1. The molecule has 0 aromatic heterocycles. The minimum atomic E-state index is -2.43. The second kappa shape index (κ2) is 3.32. The molecule has 4 atom stereocenters. The molecule has 0 aromatic rings. The van der Waals surface area contributed by atoms with E-state index >= 15 is 0 Å². The molecule has 6 heteroatoms. The molecular weight excluding hydrogens is 180 g/mol. The zero-order valence-corrected chi connectivity index (χ0v) is 7.04. The first kappa shape index (κ1) is 10.6. The van der Waals surface area contributed by atoms with Gasteiger partial charge in [0.1, 0.15) is 12.2 Å². The van der Waals surface area contributed by atoms with Crippen LogP contribution in [0.25, 0.3) is 0 Å². The maximum atomic E-state index is 10.9. The van der Waals surface area contributed by atoms with E-state index in [1.807, 2.05) is 0 Å². The minimum absolute atomic E-state index is 0.322. The van der Waals surface area contributed by atoms with Crippen LogP contribution in [0, 0.1) is 0 Å². The number of rotatable bonds is 1. The predicted octanol–water partition coefficient (Wildman–Crippen LogP) is -2.62. The van der Waals surface area contributed by atoms with Gasteiger partial charge < -0.3 is 25.2 Å². The lowest BCUT2D eigenvalue weighted by Crippen LogP contribution is -2.66. The molecule has 1 aliphatic rings. The Bertz CT molecular complexity index is 217. The topological polar surface area (TPSA) is 107 Å². The lowest BCUT2D eigenvalue weighted by molar-refractivity contribution is -0.289. The van der Waals surface area contributed by atoms with Crippen molar-refractivity contribution in [3.63, 3.8) is 0 Å². The van der Waals surface area contributed by atoms with Crippen LogP contribution >= 0.6 is 0 Å². The molecule has 0 saturated carbocycles. The summed E-state index contributed by atoms with van der Waals surface area (Å²) in [6, 6.07) is 0. The average molecular weight is 192 g/mol. The molecule has 1 rings (SSSR count). The highest BCUT2D eigenvalue weighted by Crippen LogP contribution is 2.25. The highest BCUT2D eigenvalue weighted by molar-refractivity contribution is 5.86. The van der Waals surface area contributed by atoms with Crippen molar-refractivity contribution in [2.75, 3.05) is 6.61 Å². The van der Waals surface area contributed by atoms with Gasteiger partial charge in [0, 0.05) is 0 Å². The number of aliphatic hydroxyl groups is 4. The third-order valence-electron chi connectivity index (χ3n) is 2.18. The van der Waals surface area contributed by atoms with Gasteiger partial charge in [-0.3, -0.25) is 4.79 Å². The van der Waals surface area contributed by atoms with E-state index in [1.165, 1.54) is 0 Å². The molecule has 0 aliphatic carbocycles. The van der Waals surface area contributed by atoms with Crippen molar-refractivity contribution in [3.05, 3.63) is 0 Å². The number of carbonyl (C=O) groups is 1. The van der Waals surface area contributed by atoms with Gasteiger partial charge in [-0.25, -0.2) is 0 Å². The Labute approximate surface area is 74.4 Å². The molecule has 0 spiro atoms. The van der Waals surface area contributed by atoms with Crippen molar-refractivity contribution >= 4 is 5.78 Å². The number of ether oxygens (including phenoxy) is 1. The van der Waals surface area contributed by atoms with Gasteiger partial charge in [0.05, 0.1) is 6.61 Å². The fourth-order valence-electron chi connectivity index (χ4n) is 1.23. The molecule has 76 valence electrons. The lowest BCUT2D eigenvalue weighted by Gasteiger charge is -2.40. The van der Waals surface area contributed by atoms with Gasteiger partial charge in [0.2, 0.25) is 5.60 Å². The van der Waals surface area contributed by atoms with Crippen LogP contribution in [0.2, 0.25) is 0 Å². The van der Waals surface area contributed by atoms with Crippen molar-refractivity contribution < 1.29 is 30.0 Å². The standard InChI is InChI=1S/C7H12O6/c1-3(8)7(12)5(10)4(9)2-13-6(7)11/h4-6,9-12H,2H2,1H3/t4-,5-,6+,7+/m1/s1. The van der Waals surface area contributed by atoms with Crippen molar-refractivity contribution in [2.24, 2.45) is 0 Å². The number of hydrogen-bond acceptors (Lipinski definition) is 6. The highest BCUT2D eigenvalue weighted by atomic mass is 16.6. The van der Waals surface area contributed by atoms with Crippen molar-refractivity contribution in [1.29, 1.82) is 0 Å². The van der Waals surface area contributed by atoms with Crippen LogP contribution < -0.4 is 0 Å². The molecular formula is C7H12O6. The summed E-state index contributed by atoms with van der Waals surface area (Å²) in [5.41, 5.74) is -2.43. The summed E-state index contributed by atoms with van der Waals surface area (Å²) in [6.07, 6.45) is -4.91. The molecule has 6 nitrogen and oxygen atoms in total. The summed E-state index contributed by atoms with van der Waals surface area (Å²) in [6.45, 7) is 0.672. The molecule has 13 heavy (non-hydrogen) atoms. The van der Waals surface area contributed by atoms with E-state index < -0.39 is 29.9 Å². The fraction of sp³-hybridized carbons (Fsp3) is 0.857. The molecule has 1 saturated heterocycles. The van der Waals surface area contributed by atoms with Crippen molar-refractivity contribution in [3.8, 4) is 0 Å². The zero-order valence-electron chi connectivity index (χ0n) is 7.04. The Morgan fingerprint density at radius 3 is 2.38 bits per heavy atom. The Hall–Kier alpha value is -0.530. The average Bonchev–Trinajstić information content (AvgIpc) is 2.08. The van der Waals surface area contributed by atoms with E-state index in [0.717, 1.165) is 6.92 Å². The molecule has 0 radical (unpaired) electrons. The number of aliphatic hydroxyl groups excluding tert-OH is 3. The van der Waals surface area contributed by atoms with Crippen LogP contribution in [-0.4, -0.2) is 56.9 Å². The smallest absolute Gasteiger partial charge is 0.202 e. The van der Waals surface area contributed by atoms with Crippen LogP contribution in [0.5, 0.6) is 0 Å². The van der Waals surface area contributed by atoms with Crippen LogP contribution in [-0.2, 0) is 9.53 Å². The third-order valence-corrected chi connectivity index (χ3v) is 2.18. The second-order valence-electron chi connectivity index (χ2n) is 3.08. The van der Waals surface area contributed by atoms with Gasteiger partial charge in [0.25, 0.3) is 0 Å². The van der Waals surface area contributed by atoms with Crippen molar-refractivity contribution in [1.82, 2.24) is 0 Å². The second-order valence-corrected chi connectivity index (χ2v) is 3.08. The third kappa shape index (κ3) is 1.47. The van der Waals surface area contributed by atoms with Crippen LogP contribution in [0.4, 0.5) is 0 Å². The Morgan fingerprint density at radius 1 is 1.46 bits per heavy atom. The molecule has 0 aromatic carbocycles. The summed E-state index contributed by atoms with van der Waals surface area (Å²) in [5, 5.41) is 37.0. The summed E-state index contributed by atoms with van der Waals surface area (Å²) in [4.78, 5) is 10.9. The predicted molar refractivity (Wildman–Crippen MR) is 39.6 cm³/mol. The molecule has 1 heterocycles. The van der Waals surface area contributed by atoms with Crippen LogP contribution in [0.1, 0.15) is 6.92 Å². The molecule has 1 fully saturated rings. The maximum Gasteiger partial charge on any atom is 0.202 e. The molecule has 0 unspecified atom stereocenters. The van der Waals surface area contributed by atoms with Gasteiger partial charge in [-0.2, -0.15) is 0 Å². The number of Topliss-reactive ketones (excluding diaryl/α,β-unsaturated/α-hetero) is 1. The van der Waals surface area contributed by atoms with E-state index in [-0.39, 0.29) is 6.61 Å². The number of ketones is 1. The Morgan fingerprint density at radius 2 is 2.00 bits per heavy atom. The fourth-order valence-corrected chi connectivity index (χ4v) is 1.23. The maximum absolute atomic E-state index is 10.9. The number of hydrogen-bond donors (Lipinski definition) is 4. The number of carbonyl (C=O) groups excluding carboxylic acids is 1. The monoisotopic (exact) mass is 192 g/mol. The van der Waals surface area contributed by atoms with Crippen molar-refractivity contribution in [2.45, 2.75) is 31.0 Å².